The second-order valence-corrected chi connectivity index (χ2v) is 10.6. The Morgan fingerprint density at radius 2 is 1.84 bits per heavy atom. The Bertz CT molecular complexity index is 1220. The number of aromatic hydroxyl groups is 1. The highest BCUT2D eigenvalue weighted by atomic mass is 33.1. The molecule has 0 saturated heterocycles. The van der Waals surface area contributed by atoms with Crippen LogP contribution in [0.25, 0.3) is 16.8 Å². The Labute approximate surface area is 204 Å². The van der Waals surface area contributed by atoms with Crippen LogP contribution in [0.15, 0.2) is 40.6 Å². The van der Waals surface area contributed by atoms with E-state index in [1.165, 1.54) is 10.8 Å². The maximum atomic E-state index is 10.4. The zero-order valence-electron chi connectivity index (χ0n) is 18.7. The molecule has 1 N–H and O–H groups in total. The molecule has 0 bridgehead atoms. The lowest BCUT2D eigenvalue weighted by molar-refractivity contribution is 0.0171. The molecule has 1 heterocycles. The molecule has 3 aromatic rings. The highest BCUT2D eigenvalue weighted by Gasteiger charge is 2.35. The van der Waals surface area contributed by atoms with Crippen molar-refractivity contribution in [1.29, 1.82) is 0 Å². The lowest BCUT2D eigenvalue weighted by Gasteiger charge is -2.37. The van der Waals surface area contributed by atoms with Gasteiger partial charge in [-0.25, -0.2) is 0 Å². The minimum atomic E-state index is -0.450. The topological polar surface area (TPSA) is 38.7 Å². The second-order valence-electron chi connectivity index (χ2n) is 8.64. The van der Waals surface area contributed by atoms with Crippen molar-refractivity contribution < 1.29 is 14.6 Å². The van der Waals surface area contributed by atoms with Crippen LogP contribution in [0.3, 0.4) is 0 Å². The summed E-state index contributed by atoms with van der Waals surface area (Å²) < 4.78 is 13.7. The quantitative estimate of drug-likeness (QED) is 0.260. The van der Waals surface area contributed by atoms with E-state index in [4.69, 9.17) is 9.47 Å². The molecule has 1 aliphatic rings. The number of benzene rings is 3. The minimum absolute atomic E-state index is 0.381. The SMILES string of the molecule is Cc1c(C)c2c(c(C)c1O)CCC(C)(COc1ccc(/C=C(/S)SS)c3ccccc13)O2. The summed E-state index contributed by atoms with van der Waals surface area (Å²) in [6, 6.07) is 12.3. The Morgan fingerprint density at radius 1 is 1.12 bits per heavy atom. The molecule has 3 aromatic carbocycles. The molecule has 32 heavy (non-hydrogen) atoms. The molecule has 0 amide bonds. The fraction of sp³-hybridized carbons (Fsp3) is 0.308. The Kier molecular flexibility index (Phi) is 6.66. The zero-order valence-corrected chi connectivity index (χ0v) is 21.3. The van der Waals surface area contributed by atoms with Gasteiger partial charge in [-0.2, -0.15) is 0 Å². The number of fused-ring (bicyclic) bond motifs is 2. The van der Waals surface area contributed by atoms with E-state index in [2.05, 4.69) is 49.4 Å². The fourth-order valence-corrected chi connectivity index (χ4v) is 4.81. The van der Waals surface area contributed by atoms with Gasteiger partial charge in [-0.1, -0.05) is 41.1 Å². The average molecular weight is 485 g/mol. The van der Waals surface area contributed by atoms with Gasteiger partial charge in [0.25, 0.3) is 0 Å². The van der Waals surface area contributed by atoms with Gasteiger partial charge < -0.3 is 14.6 Å². The summed E-state index contributed by atoms with van der Waals surface area (Å²) in [5.41, 5.74) is 4.53. The molecule has 1 aliphatic heterocycles. The molecule has 1 atom stereocenters. The molecular formula is C26H28O3S3. The van der Waals surface area contributed by atoms with Crippen LogP contribution in [-0.4, -0.2) is 17.3 Å². The van der Waals surface area contributed by atoms with E-state index < -0.39 is 5.60 Å². The summed E-state index contributed by atoms with van der Waals surface area (Å²) in [4.78, 5) is 0. The molecular weight excluding hydrogens is 456 g/mol. The van der Waals surface area contributed by atoms with E-state index in [9.17, 15) is 5.11 Å². The second kappa shape index (κ2) is 9.16. The van der Waals surface area contributed by atoms with E-state index in [-0.39, 0.29) is 0 Å². The van der Waals surface area contributed by atoms with Gasteiger partial charge in [0.15, 0.2) is 0 Å². The molecule has 1 unspecified atom stereocenters. The van der Waals surface area contributed by atoms with Crippen LogP contribution in [0.2, 0.25) is 0 Å². The van der Waals surface area contributed by atoms with Crippen molar-refractivity contribution in [1.82, 2.24) is 0 Å². The predicted molar refractivity (Wildman–Crippen MR) is 143 cm³/mol. The van der Waals surface area contributed by atoms with Gasteiger partial charge in [0, 0.05) is 15.2 Å². The van der Waals surface area contributed by atoms with Crippen LogP contribution in [0.1, 0.15) is 41.2 Å². The number of ether oxygens (including phenoxy) is 2. The standard InChI is InChI=1S/C26H28O3S3/c1-15-16(2)25-19(17(3)24(15)27)11-12-26(4,29-25)14-28-22-10-9-18(13-23(30)32-31)20-7-5-6-8-21(20)22/h5-10,13,27,30-31H,11-12,14H2,1-4H3/b23-13-. The van der Waals surface area contributed by atoms with E-state index in [1.807, 2.05) is 45.0 Å². The van der Waals surface area contributed by atoms with Gasteiger partial charge in [0.05, 0.1) is 0 Å². The van der Waals surface area contributed by atoms with Crippen LogP contribution < -0.4 is 9.47 Å². The largest absolute Gasteiger partial charge is 0.507 e. The Morgan fingerprint density at radius 3 is 2.56 bits per heavy atom. The normalized spacial score (nSPS) is 18.4. The molecule has 4 rings (SSSR count). The van der Waals surface area contributed by atoms with Crippen LogP contribution in [-0.2, 0) is 6.42 Å². The van der Waals surface area contributed by atoms with Crippen molar-refractivity contribution in [2.75, 3.05) is 6.61 Å². The number of thiol groups is 2. The summed E-state index contributed by atoms with van der Waals surface area (Å²) >= 11 is 8.68. The van der Waals surface area contributed by atoms with E-state index in [0.717, 1.165) is 67.2 Å². The number of hydrogen-bond acceptors (Lipinski definition) is 6. The highest BCUT2D eigenvalue weighted by Crippen LogP contribution is 2.43. The fourth-order valence-electron chi connectivity index (χ4n) is 4.33. The van der Waals surface area contributed by atoms with Gasteiger partial charge in [0.1, 0.15) is 29.5 Å². The van der Waals surface area contributed by atoms with Crippen molar-refractivity contribution in [3.63, 3.8) is 0 Å². The summed E-state index contributed by atoms with van der Waals surface area (Å²) in [5.74, 6) is 2.11. The van der Waals surface area contributed by atoms with Gasteiger partial charge in [0.2, 0.25) is 0 Å². The smallest absolute Gasteiger partial charge is 0.140 e. The Balaban J connectivity index is 1.62. The van der Waals surface area contributed by atoms with Gasteiger partial charge in [-0.15, -0.1) is 24.3 Å². The first-order valence-corrected chi connectivity index (χ1v) is 12.9. The van der Waals surface area contributed by atoms with E-state index in [0.29, 0.717) is 12.4 Å². The first kappa shape index (κ1) is 23.3. The number of phenolic OH excluding ortho intramolecular Hbond substituents is 1. The predicted octanol–water partition coefficient (Wildman–Crippen LogP) is 7.44. The van der Waals surface area contributed by atoms with Crippen LogP contribution >= 0.6 is 35.1 Å². The molecule has 168 valence electrons. The molecule has 0 spiro atoms. The van der Waals surface area contributed by atoms with Crippen LogP contribution in [0.5, 0.6) is 17.2 Å². The van der Waals surface area contributed by atoms with Gasteiger partial charge in [-0.05, 0) is 80.3 Å². The summed E-state index contributed by atoms with van der Waals surface area (Å²) in [6.07, 6.45) is 3.69. The van der Waals surface area contributed by atoms with Crippen molar-refractivity contribution in [3.05, 3.63) is 68.5 Å². The third-order valence-electron chi connectivity index (χ3n) is 6.42. The lowest BCUT2D eigenvalue weighted by atomic mass is 9.87. The first-order valence-electron chi connectivity index (χ1n) is 10.6. The molecule has 0 radical (unpaired) electrons. The number of hydrogen-bond donors (Lipinski definition) is 3. The summed E-state index contributed by atoms with van der Waals surface area (Å²) in [7, 11) is 1.32. The first-order chi connectivity index (χ1) is 15.2. The monoisotopic (exact) mass is 484 g/mol. The van der Waals surface area contributed by atoms with Crippen molar-refractivity contribution in [2.24, 2.45) is 0 Å². The zero-order chi connectivity index (χ0) is 23.0. The maximum absolute atomic E-state index is 10.4. The average Bonchev–Trinajstić information content (AvgIpc) is 2.80. The molecule has 0 aliphatic carbocycles. The Hall–Kier alpha value is -1.89. The van der Waals surface area contributed by atoms with E-state index in [1.54, 1.807) is 0 Å². The highest BCUT2D eigenvalue weighted by molar-refractivity contribution is 8.72. The van der Waals surface area contributed by atoms with Crippen molar-refractivity contribution in [2.45, 2.75) is 46.1 Å². The van der Waals surface area contributed by atoms with Crippen LogP contribution in [0, 0.1) is 20.8 Å². The lowest BCUT2D eigenvalue weighted by Crippen LogP contribution is -2.42. The minimum Gasteiger partial charge on any atom is -0.507 e. The van der Waals surface area contributed by atoms with Gasteiger partial charge in [-0.3, -0.25) is 0 Å². The number of rotatable bonds is 5. The summed E-state index contributed by atoms with van der Waals surface area (Å²) in [6.45, 7) is 8.46. The maximum Gasteiger partial charge on any atom is 0.140 e. The third kappa shape index (κ3) is 4.33. The molecule has 0 saturated carbocycles. The summed E-state index contributed by atoms with van der Waals surface area (Å²) in [5, 5.41) is 12.6. The molecule has 6 heteroatoms. The van der Waals surface area contributed by atoms with Crippen LogP contribution in [0.4, 0.5) is 0 Å². The van der Waals surface area contributed by atoms with Crippen molar-refractivity contribution >= 4 is 51.9 Å². The van der Waals surface area contributed by atoms with E-state index >= 15 is 0 Å². The van der Waals surface area contributed by atoms with Gasteiger partial charge >= 0.3 is 0 Å². The molecule has 0 fully saturated rings. The third-order valence-corrected chi connectivity index (χ3v) is 8.15. The molecule has 0 aromatic heterocycles. The number of phenols is 1. The van der Waals surface area contributed by atoms with Crippen molar-refractivity contribution in [3.8, 4) is 17.2 Å². The molecule has 3 nitrogen and oxygen atoms in total.